The van der Waals surface area contributed by atoms with Crippen LogP contribution < -0.4 is 9.47 Å². The van der Waals surface area contributed by atoms with Crippen molar-refractivity contribution in [2.24, 2.45) is 0 Å². The number of ketones is 1. The lowest BCUT2D eigenvalue weighted by Crippen LogP contribution is -2.03. The summed E-state index contributed by atoms with van der Waals surface area (Å²) >= 11 is 3.05. The molecule has 2 aromatic carbocycles. The molecular formula is C15H12BrFO3. The van der Waals surface area contributed by atoms with Crippen LogP contribution in [-0.2, 0) is 0 Å². The van der Waals surface area contributed by atoms with Gasteiger partial charge in [-0.15, -0.1) is 0 Å². The average molecular weight is 339 g/mol. The average Bonchev–Trinajstić information content (AvgIpc) is 2.48. The number of methoxy groups -OCH3 is 2. The highest BCUT2D eigenvalue weighted by Crippen LogP contribution is 2.25. The van der Waals surface area contributed by atoms with Gasteiger partial charge in [0.05, 0.1) is 18.7 Å². The molecule has 3 nitrogen and oxygen atoms in total. The van der Waals surface area contributed by atoms with Crippen LogP contribution in [0.2, 0.25) is 0 Å². The van der Waals surface area contributed by atoms with Crippen LogP contribution in [0.25, 0.3) is 0 Å². The smallest absolute Gasteiger partial charge is 0.193 e. The van der Waals surface area contributed by atoms with Crippen molar-refractivity contribution in [2.75, 3.05) is 14.2 Å². The Hall–Kier alpha value is -1.88. The van der Waals surface area contributed by atoms with E-state index in [1.807, 2.05) is 0 Å². The lowest BCUT2D eigenvalue weighted by atomic mass is 10.0. The fourth-order valence-electron chi connectivity index (χ4n) is 1.74. The monoisotopic (exact) mass is 338 g/mol. The molecule has 0 heterocycles. The zero-order valence-corrected chi connectivity index (χ0v) is 12.5. The predicted molar refractivity (Wildman–Crippen MR) is 77.1 cm³/mol. The Morgan fingerprint density at radius 1 is 1.00 bits per heavy atom. The van der Waals surface area contributed by atoms with Crippen LogP contribution in [0.3, 0.4) is 0 Å². The molecule has 2 aromatic rings. The zero-order chi connectivity index (χ0) is 14.7. The summed E-state index contributed by atoms with van der Waals surface area (Å²) in [5, 5.41) is 0. The molecule has 20 heavy (non-hydrogen) atoms. The fraction of sp³-hybridized carbons (Fsp3) is 0.133. The minimum Gasteiger partial charge on any atom is -0.497 e. The van der Waals surface area contributed by atoms with Gasteiger partial charge < -0.3 is 9.47 Å². The van der Waals surface area contributed by atoms with Crippen molar-refractivity contribution >= 4 is 21.7 Å². The molecule has 0 radical (unpaired) electrons. The molecule has 0 aliphatic carbocycles. The first-order chi connectivity index (χ1) is 9.55. The summed E-state index contributed by atoms with van der Waals surface area (Å²) in [7, 11) is 3.00. The van der Waals surface area contributed by atoms with Gasteiger partial charge in [-0.3, -0.25) is 4.79 Å². The van der Waals surface area contributed by atoms with Crippen LogP contribution in [0.15, 0.2) is 40.9 Å². The Morgan fingerprint density at radius 2 is 1.60 bits per heavy atom. The number of carbonyl (C=O) groups excluding carboxylic acids is 1. The van der Waals surface area contributed by atoms with Gasteiger partial charge in [0.1, 0.15) is 17.3 Å². The lowest BCUT2D eigenvalue weighted by Gasteiger charge is -2.08. The molecule has 0 aliphatic heterocycles. The number of halogens is 2. The molecule has 0 N–H and O–H groups in total. The molecule has 0 aliphatic rings. The van der Waals surface area contributed by atoms with E-state index in [1.54, 1.807) is 24.3 Å². The highest BCUT2D eigenvalue weighted by Gasteiger charge is 2.14. The van der Waals surface area contributed by atoms with Gasteiger partial charge in [0.15, 0.2) is 5.78 Å². The van der Waals surface area contributed by atoms with Gasteiger partial charge in [0.2, 0.25) is 0 Å². The van der Waals surface area contributed by atoms with E-state index in [2.05, 4.69) is 15.9 Å². The highest BCUT2D eigenvalue weighted by atomic mass is 79.9. The Kier molecular flexibility index (Phi) is 4.39. The summed E-state index contributed by atoms with van der Waals surface area (Å²) in [5.74, 6) is 0.231. The van der Waals surface area contributed by atoms with Gasteiger partial charge in [-0.05, 0) is 46.3 Å². The van der Waals surface area contributed by atoms with E-state index in [0.717, 1.165) is 0 Å². The maximum absolute atomic E-state index is 13.5. The van der Waals surface area contributed by atoms with Gasteiger partial charge in [-0.25, -0.2) is 4.39 Å². The molecule has 0 atom stereocenters. The van der Waals surface area contributed by atoms with Gasteiger partial charge in [-0.2, -0.15) is 0 Å². The van der Waals surface area contributed by atoms with Gasteiger partial charge in [0, 0.05) is 17.2 Å². The molecule has 0 spiro atoms. The molecule has 5 heteroatoms. The Bertz CT molecular complexity index is 633. The summed E-state index contributed by atoms with van der Waals surface area (Å²) in [5.41, 5.74) is 0.643. The minimum atomic E-state index is -0.481. The minimum absolute atomic E-state index is 0.265. The molecule has 0 unspecified atom stereocenters. The van der Waals surface area contributed by atoms with Crippen LogP contribution in [0.4, 0.5) is 4.39 Å². The van der Waals surface area contributed by atoms with Crippen LogP contribution in [0.5, 0.6) is 11.5 Å². The molecule has 0 fully saturated rings. The van der Waals surface area contributed by atoms with E-state index in [-0.39, 0.29) is 11.3 Å². The van der Waals surface area contributed by atoms with Crippen molar-refractivity contribution in [3.63, 3.8) is 0 Å². The van der Waals surface area contributed by atoms with Gasteiger partial charge in [-0.1, -0.05) is 0 Å². The summed E-state index contributed by atoms with van der Waals surface area (Å²) < 4.78 is 24.0. The summed E-state index contributed by atoms with van der Waals surface area (Å²) in [6, 6.07) is 9.09. The third-order valence-electron chi connectivity index (χ3n) is 2.80. The first-order valence-corrected chi connectivity index (χ1v) is 6.57. The predicted octanol–water partition coefficient (Wildman–Crippen LogP) is 3.84. The number of rotatable bonds is 4. The zero-order valence-electron chi connectivity index (χ0n) is 10.9. The summed E-state index contributed by atoms with van der Waals surface area (Å²) in [4.78, 5) is 12.4. The van der Waals surface area contributed by atoms with Gasteiger partial charge >= 0.3 is 0 Å². The molecule has 0 saturated carbocycles. The van der Waals surface area contributed by atoms with Crippen molar-refractivity contribution in [3.05, 3.63) is 57.8 Å². The largest absolute Gasteiger partial charge is 0.497 e. The van der Waals surface area contributed by atoms with E-state index in [0.29, 0.717) is 21.5 Å². The first kappa shape index (κ1) is 14.5. The molecule has 2 rings (SSSR count). The quantitative estimate of drug-likeness (QED) is 0.794. The normalized spacial score (nSPS) is 10.2. The topological polar surface area (TPSA) is 35.5 Å². The molecule has 104 valence electrons. The lowest BCUT2D eigenvalue weighted by molar-refractivity contribution is 0.103. The number of benzene rings is 2. The van der Waals surface area contributed by atoms with E-state index >= 15 is 0 Å². The molecular weight excluding hydrogens is 327 g/mol. The first-order valence-electron chi connectivity index (χ1n) is 5.78. The maximum Gasteiger partial charge on any atom is 0.193 e. The molecule has 0 saturated heterocycles. The van der Waals surface area contributed by atoms with Crippen LogP contribution in [0, 0.1) is 5.82 Å². The standard InChI is InChI=1S/C15H12BrFO3/c1-19-11-5-10(6-12(8-11)20-2)15(18)9-3-4-13(16)14(17)7-9/h3-8H,1-2H3. The SMILES string of the molecule is COc1cc(OC)cc(C(=O)c2ccc(Br)c(F)c2)c1. The third kappa shape index (κ3) is 2.99. The van der Waals surface area contributed by atoms with E-state index in [1.165, 1.54) is 26.4 Å². The Balaban J connectivity index is 2.44. The Morgan fingerprint density at radius 3 is 2.10 bits per heavy atom. The van der Waals surface area contributed by atoms with Crippen LogP contribution in [0.1, 0.15) is 15.9 Å². The van der Waals surface area contributed by atoms with E-state index in [4.69, 9.17) is 9.47 Å². The van der Waals surface area contributed by atoms with E-state index < -0.39 is 5.82 Å². The summed E-state index contributed by atoms with van der Waals surface area (Å²) in [6.45, 7) is 0. The second-order valence-electron chi connectivity index (χ2n) is 4.06. The second kappa shape index (κ2) is 6.05. The molecule has 0 amide bonds. The van der Waals surface area contributed by atoms with E-state index in [9.17, 15) is 9.18 Å². The van der Waals surface area contributed by atoms with Crippen molar-refractivity contribution in [3.8, 4) is 11.5 Å². The molecule has 0 aromatic heterocycles. The Labute approximate surface area is 124 Å². The number of ether oxygens (including phenoxy) is 2. The van der Waals surface area contributed by atoms with Crippen molar-refractivity contribution < 1.29 is 18.7 Å². The van der Waals surface area contributed by atoms with Crippen LogP contribution >= 0.6 is 15.9 Å². The second-order valence-corrected chi connectivity index (χ2v) is 4.91. The number of carbonyl (C=O) groups is 1. The van der Waals surface area contributed by atoms with Crippen molar-refractivity contribution in [1.29, 1.82) is 0 Å². The summed E-state index contributed by atoms with van der Waals surface area (Å²) in [6.07, 6.45) is 0. The van der Waals surface area contributed by atoms with Crippen molar-refractivity contribution in [1.82, 2.24) is 0 Å². The number of hydrogen-bond acceptors (Lipinski definition) is 3. The molecule has 0 bridgehead atoms. The fourth-order valence-corrected chi connectivity index (χ4v) is 1.99. The highest BCUT2D eigenvalue weighted by molar-refractivity contribution is 9.10. The van der Waals surface area contributed by atoms with Crippen molar-refractivity contribution in [2.45, 2.75) is 0 Å². The maximum atomic E-state index is 13.5. The number of hydrogen-bond donors (Lipinski definition) is 0. The third-order valence-corrected chi connectivity index (χ3v) is 3.44. The van der Waals surface area contributed by atoms with Crippen LogP contribution in [-0.4, -0.2) is 20.0 Å². The van der Waals surface area contributed by atoms with Gasteiger partial charge in [0.25, 0.3) is 0 Å².